The molecule has 0 spiro atoms. The Balaban J connectivity index is 2.08. The van der Waals surface area contributed by atoms with Crippen molar-refractivity contribution in [2.45, 2.75) is 20.3 Å². The minimum Gasteiger partial charge on any atom is -0.466 e. The zero-order valence-electron chi connectivity index (χ0n) is 10.7. The molecule has 0 bridgehead atoms. The van der Waals surface area contributed by atoms with Crippen LogP contribution in [0.2, 0.25) is 0 Å². The van der Waals surface area contributed by atoms with Crippen LogP contribution in [0.3, 0.4) is 0 Å². The molecule has 0 N–H and O–H groups in total. The third-order valence-electron chi connectivity index (χ3n) is 3.05. The second-order valence-electron chi connectivity index (χ2n) is 4.37. The average molecular weight is 259 g/mol. The fraction of sp³-hybridized carbons (Fsp3) is 0.286. The topological polar surface area (TPSA) is 65.5 Å². The molecule has 3 aromatic rings. The smallest absolute Gasteiger partial charge is 0.312 e. The molecule has 0 aliphatic heterocycles. The Morgan fingerprint density at radius 1 is 1.32 bits per heavy atom. The Bertz CT molecular complexity index is 753. The van der Waals surface area contributed by atoms with Crippen molar-refractivity contribution in [2.24, 2.45) is 0 Å². The molecule has 19 heavy (non-hydrogen) atoms. The highest BCUT2D eigenvalue weighted by molar-refractivity contribution is 5.96. The Hall–Kier alpha value is -2.30. The number of esters is 1. The number of ether oxygens (including phenoxy) is 1. The van der Waals surface area contributed by atoms with Crippen LogP contribution in [0.1, 0.15) is 18.2 Å². The quantitative estimate of drug-likeness (QED) is 0.676. The van der Waals surface area contributed by atoms with Crippen molar-refractivity contribution in [3.05, 3.63) is 29.7 Å². The molecule has 1 aromatic carbocycles. The lowest BCUT2D eigenvalue weighted by Crippen LogP contribution is -2.07. The Morgan fingerprint density at radius 3 is 2.95 bits per heavy atom. The lowest BCUT2D eigenvalue weighted by atomic mass is 10.1. The first-order valence-electron chi connectivity index (χ1n) is 6.10. The summed E-state index contributed by atoms with van der Waals surface area (Å²) in [5.74, 6) is -0.304. The molecular formula is C14H13NO4. The SMILES string of the molecule is CCOC(=O)Cc1noc2cc3occ(C)c3cc12. The number of aryl methyl sites for hydroxylation is 1. The molecule has 0 fully saturated rings. The fourth-order valence-electron chi connectivity index (χ4n) is 2.11. The minimum absolute atomic E-state index is 0.114. The van der Waals surface area contributed by atoms with E-state index >= 15 is 0 Å². The molecule has 2 aromatic heterocycles. The maximum absolute atomic E-state index is 11.5. The van der Waals surface area contributed by atoms with Crippen LogP contribution >= 0.6 is 0 Å². The van der Waals surface area contributed by atoms with Gasteiger partial charge in [-0.2, -0.15) is 0 Å². The summed E-state index contributed by atoms with van der Waals surface area (Å²) in [6, 6.07) is 3.73. The lowest BCUT2D eigenvalue weighted by Gasteiger charge is -1.98. The molecule has 0 radical (unpaired) electrons. The first-order chi connectivity index (χ1) is 9.19. The van der Waals surface area contributed by atoms with Gasteiger partial charge in [-0.25, -0.2) is 0 Å². The Labute approximate surface area is 109 Å². The Morgan fingerprint density at radius 2 is 2.16 bits per heavy atom. The highest BCUT2D eigenvalue weighted by atomic mass is 16.5. The van der Waals surface area contributed by atoms with Crippen LogP contribution in [0.4, 0.5) is 0 Å². The van der Waals surface area contributed by atoms with E-state index in [2.05, 4.69) is 5.16 Å². The fourth-order valence-corrected chi connectivity index (χ4v) is 2.11. The predicted molar refractivity (Wildman–Crippen MR) is 68.9 cm³/mol. The van der Waals surface area contributed by atoms with E-state index in [9.17, 15) is 4.79 Å². The first kappa shape index (κ1) is 11.8. The minimum atomic E-state index is -0.304. The standard InChI is InChI=1S/C14H13NO4/c1-3-17-14(16)5-11-10-4-9-8(2)7-18-12(9)6-13(10)19-15-11/h4,6-7H,3,5H2,1-2H3. The molecule has 0 aliphatic carbocycles. The van der Waals surface area contributed by atoms with Crippen molar-refractivity contribution in [3.8, 4) is 0 Å². The van der Waals surface area contributed by atoms with Crippen LogP contribution in [0.25, 0.3) is 21.9 Å². The second-order valence-corrected chi connectivity index (χ2v) is 4.37. The molecule has 0 unspecified atom stereocenters. The van der Waals surface area contributed by atoms with Gasteiger partial charge in [0.1, 0.15) is 11.3 Å². The van der Waals surface area contributed by atoms with Gasteiger partial charge >= 0.3 is 5.97 Å². The number of nitrogens with zero attached hydrogens (tertiary/aromatic N) is 1. The van der Waals surface area contributed by atoms with Crippen molar-refractivity contribution in [2.75, 3.05) is 6.61 Å². The number of carbonyl (C=O) groups is 1. The van der Waals surface area contributed by atoms with Crippen molar-refractivity contribution < 1.29 is 18.5 Å². The van der Waals surface area contributed by atoms with Gasteiger partial charge in [0.2, 0.25) is 0 Å². The number of fused-ring (bicyclic) bond motifs is 2. The summed E-state index contributed by atoms with van der Waals surface area (Å²) in [5.41, 5.74) is 3.00. The third kappa shape index (κ3) is 1.97. The molecule has 3 rings (SSSR count). The van der Waals surface area contributed by atoms with Gasteiger partial charge < -0.3 is 13.7 Å². The summed E-state index contributed by atoms with van der Waals surface area (Å²) < 4.78 is 15.6. The van der Waals surface area contributed by atoms with Crippen LogP contribution in [0.5, 0.6) is 0 Å². The van der Waals surface area contributed by atoms with E-state index in [1.165, 1.54) is 0 Å². The van der Waals surface area contributed by atoms with E-state index in [1.807, 2.05) is 13.0 Å². The summed E-state index contributed by atoms with van der Waals surface area (Å²) in [4.78, 5) is 11.5. The molecule has 0 saturated carbocycles. The lowest BCUT2D eigenvalue weighted by molar-refractivity contribution is -0.142. The van der Waals surface area contributed by atoms with Gasteiger partial charge in [0.05, 0.1) is 19.3 Å². The van der Waals surface area contributed by atoms with Gasteiger partial charge in [-0.3, -0.25) is 4.79 Å². The predicted octanol–water partition coefficient (Wildman–Crippen LogP) is 2.99. The van der Waals surface area contributed by atoms with E-state index in [0.717, 1.165) is 21.9 Å². The van der Waals surface area contributed by atoms with E-state index in [0.29, 0.717) is 17.9 Å². The molecule has 5 nitrogen and oxygen atoms in total. The number of hydrogen-bond donors (Lipinski definition) is 0. The van der Waals surface area contributed by atoms with Crippen molar-refractivity contribution in [1.82, 2.24) is 5.16 Å². The van der Waals surface area contributed by atoms with Crippen molar-refractivity contribution in [3.63, 3.8) is 0 Å². The van der Waals surface area contributed by atoms with Crippen LogP contribution in [0.15, 0.2) is 27.3 Å². The van der Waals surface area contributed by atoms with Crippen molar-refractivity contribution in [1.29, 1.82) is 0 Å². The van der Waals surface area contributed by atoms with Crippen LogP contribution in [0, 0.1) is 6.92 Å². The van der Waals surface area contributed by atoms with Crippen LogP contribution in [-0.2, 0) is 16.0 Å². The van der Waals surface area contributed by atoms with Gasteiger partial charge in [-0.15, -0.1) is 0 Å². The van der Waals surface area contributed by atoms with Gasteiger partial charge in [-0.1, -0.05) is 5.16 Å². The summed E-state index contributed by atoms with van der Waals surface area (Å²) in [5, 5.41) is 5.76. The summed E-state index contributed by atoms with van der Waals surface area (Å²) >= 11 is 0. The molecule has 5 heteroatoms. The molecule has 98 valence electrons. The molecule has 2 heterocycles. The zero-order chi connectivity index (χ0) is 13.4. The van der Waals surface area contributed by atoms with Crippen LogP contribution in [-0.4, -0.2) is 17.7 Å². The summed E-state index contributed by atoms with van der Waals surface area (Å²) in [6.07, 6.45) is 1.81. The number of furan rings is 1. The van der Waals surface area contributed by atoms with Gasteiger partial charge in [0, 0.05) is 16.8 Å². The highest BCUT2D eigenvalue weighted by Crippen LogP contribution is 2.28. The third-order valence-corrected chi connectivity index (χ3v) is 3.05. The van der Waals surface area contributed by atoms with Gasteiger partial charge in [0.15, 0.2) is 5.58 Å². The summed E-state index contributed by atoms with van der Waals surface area (Å²) in [7, 11) is 0. The number of aromatic nitrogens is 1. The van der Waals surface area contributed by atoms with Gasteiger partial charge in [-0.05, 0) is 25.5 Å². The maximum Gasteiger partial charge on any atom is 0.312 e. The molecule has 0 saturated heterocycles. The average Bonchev–Trinajstić information content (AvgIpc) is 2.93. The largest absolute Gasteiger partial charge is 0.466 e. The monoisotopic (exact) mass is 259 g/mol. The molecular weight excluding hydrogens is 246 g/mol. The van der Waals surface area contributed by atoms with Gasteiger partial charge in [0.25, 0.3) is 0 Å². The molecule has 0 amide bonds. The highest BCUT2D eigenvalue weighted by Gasteiger charge is 2.15. The molecule has 0 atom stereocenters. The second kappa shape index (κ2) is 4.42. The van der Waals surface area contributed by atoms with Crippen molar-refractivity contribution >= 4 is 27.9 Å². The van der Waals surface area contributed by atoms with E-state index < -0.39 is 0 Å². The summed E-state index contributed by atoms with van der Waals surface area (Å²) in [6.45, 7) is 4.10. The molecule has 0 aliphatic rings. The number of benzene rings is 1. The Kier molecular flexibility index (Phi) is 2.74. The zero-order valence-corrected chi connectivity index (χ0v) is 10.7. The number of hydrogen-bond acceptors (Lipinski definition) is 5. The normalized spacial score (nSPS) is 11.3. The van der Waals surface area contributed by atoms with E-state index in [-0.39, 0.29) is 12.4 Å². The van der Waals surface area contributed by atoms with Crippen LogP contribution < -0.4 is 0 Å². The van der Waals surface area contributed by atoms with E-state index in [4.69, 9.17) is 13.7 Å². The number of rotatable bonds is 3. The maximum atomic E-state index is 11.5. The van der Waals surface area contributed by atoms with E-state index in [1.54, 1.807) is 19.3 Å². The number of carbonyl (C=O) groups excluding carboxylic acids is 1. The first-order valence-corrected chi connectivity index (χ1v) is 6.10.